The summed E-state index contributed by atoms with van der Waals surface area (Å²) < 4.78 is 2.30. The van der Waals surface area contributed by atoms with E-state index in [0.29, 0.717) is 0 Å². The molecule has 2 aromatic heterocycles. The van der Waals surface area contributed by atoms with Crippen LogP contribution >= 0.6 is 11.8 Å². The predicted octanol–water partition coefficient (Wildman–Crippen LogP) is 8.58. The Labute approximate surface area is 230 Å². The van der Waals surface area contributed by atoms with Crippen molar-refractivity contribution >= 4 is 33.7 Å². The van der Waals surface area contributed by atoms with Gasteiger partial charge in [0.1, 0.15) is 0 Å². The zero-order valence-electron chi connectivity index (χ0n) is 21.0. The maximum Gasteiger partial charge on any atom is 0.174 e. The third-order valence-corrected chi connectivity index (χ3v) is 8.30. The average molecular weight is 519 g/mol. The molecule has 4 nitrogen and oxygen atoms in total. The number of aromatic nitrogens is 4. The molecule has 0 radical (unpaired) electrons. The number of fused-ring (bicyclic) bond motifs is 6. The highest BCUT2D eigenvalue weighted by atomic mass is 32.2. The van der Waals surface area contributed by atoms with Crippen LogP contribution in [-0.4, -0.2) is 19.5 Å². The lowest BCUT2D eigenvalue weighted by Gasteiger charge is -2.20. The molecule has 0 aliphatic carbocycles. The number of benzene rings is 5. The summed E-state index contributed by atoms with van der Waals surface area (Å²) in [4.78, 5) is 14.9. The van der Waals surface area contributed by atoms with Crippen molar-refractivity contribution < 1.29 is 0 Å². The lowest BCUT2D eigenvalue weighted by Crippen LogP contribution is -2.06. The molecule has 0 atom stereocenters. The standard InChI is InChI=1S/C34H22N4S/c1-2-9-22(10-3-1)32-27-13-4-5-14-28(27)35-33(37-32)25-12-8-11-23(19-25)24-17-18-26-21-39-34-36-29-15-6-7-16-30(29)38(34)31(26)20-24/h1-20H,21H2. The fraction of sp³-hybridized carbons (Fsp3) is 0.0294. The monoisotopic (exact) mass is 518 g/mol. The second kappa shape index (κ2) is 8.93. The minimum absolute atomic E-state index is 0.728. The SMILES string of the molecule is c1ccc(-c2nc(-c3cccc(-c4ccc5c(c4)-n4c(nc6ccccc64)SC5)c3)nc3ccccc23)cc1. The van der Waals surface area contributed by atoms with Gasteiger partial charge in [0, 0.05) is 22.3 Å². The Balaban J connectivity index is 1.26. The van der Waals surface area contributed by atoms with Crippen LogP contribution in [0.3, 0.4) is 0 Å². The summed E-state index contributed by atoms with van der Waals surface area (Å²) in [5.41, 5.74) is 11.0. The van der Waals surface area contributed by atoms with Crippen molar-refractivity contribution in [2.24, 2.45) is 0 Å². The van der Waals surface area contributed by atoms with E-state index < -0.39 is 0 Å². The molecule has 0 saturated heterocycles. The second-order valence-electron chi connectivity index (χ2n) is 9.71. The Kier molecular flexibility index (Phi) is 5.10. The molecule has 0 spiro atoms. The zero-order chi connectivity index (χ0) is 25.8. The largest absolute Gasteiger partial charge is 0.287 e. The first kappa shape index (κ1) is 22.3. The molecule has 1 aliphatic heterocycles. The smallest absolute Gasteiger partial charge is 0.174 e. The molecule has 0 bridgehead atoms. The van der Waals surface area contributed by atoms with Crippen LogP contribution in [0, 0.1) is 0 Å². The number of para-hydroxylation sites is 3. The first-order valence-electron chi connectivity index (χ1n) is 13.0. The Bertz CT molecular complexity index is 2030. The minimum Gasteiger partial charge on any atom is -0.287 e. The molecule has 0 amide bonds. The van der Waals surface area contributed by atoms with Crippen LogP contribution in [0.2, 0.25) is 0 Å². The van der Waals surface area contributed by atoms with E-state index in [1.54, 1.807) is 11.8 Å². The Morgan fingerprint density at radius 2 is 1.31 bits per heavy atom. The normalized spacial score (nSPS) is 12.4. The van der Waals surface area contributed by atoms with Crippen LogP contribution in [0.1, 0.15) is 5.56 Å². The Morgan fingerprint density at radius 3 is 2.23 bits per heavy atom. The molecule has 1 aliphatic rings. The first-order chi connectivity index (χ1) is 19.3. The molecule has 3 heterocycles. The zero-order valence-corrected chi connectivity index (χ0v) is 21.8. The van der Waals surface area contributed by atoms with Crippen molar-refractivity contribution in [1.29, 1.82) is 0 Å². The summed E-state index contributed by atoms with van der Waals surface area (Å²) in [6.45, 7) is 0. The highest BCUT2D eigenvalue weighted by molar-refractivity contribution is 7.98. The van der Waals surface area contributed by atoms with E-state index in [1.165, 1.54) is 11.3 Å². The van der Waals surface area contributed by atoms with Crippen LogP contribution < -0.4 is 0 Å². The van der Waals surface area contributed by atoms with Crippen molar-refractivity contribution in [1.82, 2.24) is 19.5 Å². The molecular weight excluding hydrogens is 496 g/mol. The van der Waals surface area contributed by atoms with Gasteiger partial charge in [-0.25, -0.2) is 15.0 Å². The van der Waals surface area contributed by atoms with Gasteiger partial charge >= 0.3 is 0 Å². The molecule has 0 fully saturated rings. The number of hydrogen-bond donors (Lipinski definition) is 0. The van der Waals surface area contributed by atoms with E-state index in [9.17, 15) is 0 Å². The summed E-state index contributed by atoms with van der Waals surface area (Å²) >= 11 is 1.79. The van der Waals surface area contributed by atoms with Gasteiger partial charge < -0.3 is 0 Å². The van der Waals surface area contributed by atoms with Crippen LogP contribution in [-0.2, 0) is 5.75 Å². The van der Waals surface area contributed by atoms with E-state index in [-0.39, 0.29) is 0 Å². The van der Waals surface area contributed by atoms with Crippen molar-refractivity contribution in [3.63, 3.8) is 0 Å². The van der Waals surface area contributed by atoms with Gasteiger partial charge in [-0.15, -0.1) is 0 Å². The summed E-state index contributed by atoms with van der Waals surface area (Å²) in [5.74, 6) is 1.65. The summed E-state index contributed by atoms with van der Waals surface area (Å²) in [5, 5.41) is 2.10. The van der Waals surface area contributed by atoms with E-state index in [4.69, 9.17) is 15.0 Å². The summed E-state index contributed by atoms with van der Waals surface area (Å²) in [7, 11) is 0. The summed E-state index contributed by atoms with van der Waals surface area (Å²) in [6, 6.07) is 42.3. The van der Waals surface area contributed by atoms with E-state index in [0.717, 1.165) is 66.6 Å². The van der Waals surface area contributed by atoms with Crippen molar-refractivity contribution in [3.05, 3.63) is 127 Å². The maximum atomic E-state index is 5.08. The first-order valence-corrected chi connectivity index (χ1v) is 14.0. The molecule has 0 saturated carbocycles. The van der Waals surface area contributed by atoms with E-state index >= 15 is 0 Å². The van der Waals surface area contributed by atoms with Gasteiger partial charge in [0.2, 0.25) is 0 Å². The molecule has 0 N–H and O–H groups in total. The van der Waals surface area contributed by atoms with E-state index in [2.05, 4.69) is 102 Å². The van der Waals surface area contributed by atoms with Crippen molar-refractivity contribution in [2.45, 2.75) is 10.9 Å². The van der Waals surface area contributed by atoms with Gasteiger partial charge in [-0.05, 0) is 47.0 Å². The second-order valence-corrected chi connectivity index (χ2v) is 10.7. The fourth-order valence-electron chi connectivity index (χ4n) is 5.41. The number of hydrogen-bond acceptors (Lipinski definition) is 4. The van der Waals surface area contributed by atoms with E-state index in [1.807, 2.05) is 24.3 Å². The highest BCUT2D eigenvalue weighted by Gasteiger charge is 2.21. The quantitative estimate of drug-likeness (QED) is 0.235. The van der Waals surface area contributed by atoms with Gasteiger partial charge in [0.25, 0.3) is 0 Å². The van der Waals surface area contributed by atoms with Crippen molar-refractivity contribution in [3.8, 4) is 39.5 Å². The topological polar surface area (TPSA) is 43.6 Å². The Hall–Kier alpha value is -4.74. The molecule has 5 aromatic carbocycles. The molecule has 7 aromatic rings. The molecular formula is C34H22N4S. The van der Waals surface area contributed by atoms with Crippen molar-refractivity contribution in [2.75, 3.05) is 0 Å². The van der Waals surface area contributed by atoms with Gasteiger partial charge in [0.15, 0.2) is 11.0 Å². The fourth-order valence-corrected chi connectivity index (χ4v) is 6.43. The van der Waals surface area contributed by atoms with Crippen LogP contribution in [0.15, 0.2) is 126 Å². The maximum absolute atomic E-state index is 5.08. The molecule has 5 heteroatoms. The molecule has 8 rings (SSSR count). The Morgan fingerprint density at radius 1 is 0.564 bits per heavy atom. The molecule has 39 heavy (non-hydrogen) atoms. The molecule has 0 unspecified atom stereocenters. The minimum atomic E-state index is 0.728. The van der Waals surface area contributed by atoms with Crippen LogP contribution in [0.25, 0.3) is 61.4 Å². The van der Waals surface area contributed by atoms with Crippen LogP contribution in [0.4, 0.5) is 0 Å². The summed E-state index contributed by atoms with van der Waals surface area (Å²) in [6.07, 6.45) is 0. The van der Waals surface area contributed by atoms with Crippen LogP contribution in [0.5, 0.6) is 0 Å². The van der Waals surface area contributed by atoms with Gasteiger partial charge in [-0.1, -0.05) is 103 Å². The van der Waals surface area contributed by atoms with Gasteiger partial charge in [0.05, 0.1) is 27.9 Å². The third kappa shape index (κ3) is 3.74. The molecule has 184 valence electrons. The number of nitrogens with zero attached hydrogens (tertiary/aromatic N) is 4. The lowest BCUT2D eigenvalue weighted by atomic mass is 10.00. The van der Waals surface area contributed by atoms with Gasteiger partial charge in [-0.2, -0.15) is 0 Å². The number of rotatable bonds is 3. The predicted molar refractivity (Wildman–Crippen MR) is 160 cm³/mol. The number of imidazole rings is 1. The average Bonchev–Trinajstić information content (AvgIpc) is 3.40. The number of thioether (sulfide) groups is 1. The highest BCUT2D eigenvalue weighted by Crippen LogP contribution is 2.39. The lowest BCUT2D eigenvalue weighted by molar-refractivity contribution is 0.895. The van der Waals surface area contributed by atoms with Gasteiger partial charge in [-0.3, -0.25) is 4.57 Å². The third-order valence-electron chi connectivity index (χ3n) is 7.32.